The lowest BCUT2D eigenvalue weighted by molar-refractivity contribution is 0.122. The molecule has 10 heteroatoms. The van der Waals surface area contributed by atoms with Crippen molar-refractivity contribution in [2.24, 2.45) is 5.73 Å². The molecule has 0 saturated carbocycles. The van der Waals surface area contributed by atoms with Crippen LogP contribution in [-0.2, 0) is 4.74 Å². The molecule has 0 unspecified atom stereocenters. The minimum absolute atomic E-state index is 0.156. The second-order valence-electron chi connectivity index (χ2n) is 10.4. The first-order valence-electron chi connectivity index (χ1n) is 13.5. The number of rotatable bonds is 6. The van der Waals surface area contributed by atoms with Gasteiger partial charge in [0.15, 0.2) is 5.65 Å². The average Bonchev–Trinajstić information content (AvgIpc) is 3.37. The van der Waals surface area contributed by atoms with Crippen molar-refractivity contribution in [1.29, 1.82) is 0 Å². The number of morpholine rings is 1. The Morgan fingerprint density at radius 1 is 0.974 bits per heavy atom. The molecule has 38 heavy (non-hydrogen) atoms. The van der Waals surface area contributed by atoms with E-state index in [9.17, 15) is 0 Å². The molecule has 0 amide bonds. The fourth-order valence-corrected chi connectivity index (χ4v) is 5.25. The van der Waals surface area contributed by atoms with Crippen molar-refractivity contribution < 1.29 is 4.74 Å². The van der Waals surface area contributed by atoms with Gasteiger partial charge in [-0.2, -0.15) is 5.10 Å². The highest BCUT2D eigenvalue weighted by Crippen LogP contribution is 2.35. The molecular formula is C28H35N9O. The Morgan fingerprint density at radius 3 is 2.61 bits per heavy atom. The van der Waals surface area contributed by atoms with Crippen molar-refractivity contribution in [3.05, 3.63) is 48.9 Å². The van der Waals surface area contributed by atoms with Crippen LogP contribution in [0.25, 0.3) is 22.2 Å². The fourth-order valence-electron chi connectivity index (χ4n) is 5.25. The van der Waals surface area contributed by atoms with Gasteiger partial charge in [-0.3, -0.25) is 0 Å². The molecule has 2 fully saturated rings. The molecular weight excluding hydrogens is 478 g/mol. The molecule has 6 rings (SSSR count). The van der Waals surface area contributed by atoms with Crippen molar-refractivity contribution in [2.45, 2.75) is 38.8 Å². The van der Waals surface area contributed by atoms with Gasteiger partial charge in [-0.25, -0.2) is 19.6 Å². The summed E-state index contributed by atoms with van der Waals surface area (Å²) < 4.78 is 7.42. The molecule has 2 aliphatic heterocycles. The van der Waals surface area contributed by atoms with Gasteiger partial charge in [0.25, 0.3) is 0 Å². The molecule has 2 aliphatic rings. The highest BCUT2D eigenvalue weighted by molar-refractivity contribution is 5.81. The van der Waals surface area contributed by atoms with Gasteiger partial charge < -0.3 is 25.6 Å². The Labute approximate surface area is 222 Å². The summed E-state index contributed by atoms with van der Waals surface area (Å²) in [5.74, 6) is 2.45. The topological polar surface area (TPSA) is 110 Å². The first-order chi connectivity index (χ1) is 18.5. The number of anilines is 4. The summed E-state index contributed by atoms with van der Waals surface area (Å²) in [6.07, 6.45) is 7.85. The number of aromatic nitrogens is 5. The molecule has 6 heterocycles. The van der Waals surface area contributed by atoms with E-state index >= 15 is 0 Å². The van der Waals surface area contributed by atoms with E-state index < -0.39 is 0 Å². The number of piperidine rings is 1. The first-order valence-corrected chi connectivity index (χ1v) is 13.5. The van der Waals surface area contributed by atoms with E-state index in [-0.39, 0.29) is 12.1 Å². The quantitative estimate of drug-likeness (QED) is 0.396. The Bertz CT molecular complexity index is 1400. The van der Waals surface area contributed by atoms with Gasteiger partial charge in [0.2, 0.25) is 0 Å². The van der Waals surface area contributed by atoms with Crippen LogP contribution in [0, 0.1) is 0 Å². The van der Waals surface area contributed by atoms with Gasteiger partial charge in [-0.1, -0.05) is 0 Å². The van der Waals surface area contributed by atoms with Gasteiger partial charge in [0, 0.05) is 78.9 Å². The van der Waals surface area contributed by atoms with Crippen LogP contribution in [-0.4, -0.2) is 70.2 Å². The van der Waals surface area contributed by atoms with Gasteiger partial charge in [-0.05, 0) is 51.0 Å². The van der Waals surface area contributed by atoms with Crippen molar-refractivity contribution in [3.63, 3.8) is 0 Å². The lowest BCUT2D eigenvalue weighted by atomic mass is 10.0. The zero-order valence-corrected chi connectivity index (χ0v) is 22.0. The predicted octanol–water partition coefficient (Wildman–Crippen LogP) is 3.98. The van der Waals surface area contributed by atoms with Crippen molar-refractivity contribution in [1.82, 2.24) is 24.7 Å². The van der Waals surface area contributed by atoms with E-state index in [4.69, 9.17) is 25.4 Å². The van der Waals surface area contributed by atoms with Crippen molar-refractivity contribution in [2.75, 3.05) is 54.5 Å². The van der Waals surface area contributed by atoms with E-state index in [1.165, 1.54) is 0 Å². The van der Waals surface area contributed by atoms with Crippen LogP contribution in [0.1, 0.15) is 32.7 Å². The highest BCUT2D eigenvalue weighted by atomic mass is 16.5. The summed E-state index contributed by atoms with van der Waals surface area (Å²) in [5.41, 5.74) is 10.4. The Hall–Kier alpha value is -3.76. The van der Waals surface area contributed by atoms with Crippen LogP contribution in [0.2, 0.25) is 0 Å². The van der Waals surface area contributed by atoms with Crippen LogP contribution in [0.4, 0.5) is 23.1 Å². The lowest BCUT2D eigenvalue weighted by Gasteiger charge is -2.34. The third-order valence-corrected chi connectivity index (χ3v) is 7.26. The second-order valence-corrected chi connectivity index (χ2v) is 10.4. The average molecular weight is 514 g/mol. The normalized spacial score (nSPS) is 18.4. The molecule has 0 radical (unpaired) electrons. The first kappa shape index (κ1) is 24.6. The number of pyridine rings is 3. The smallest absolute Gasteiger partial charge is 0.160 e. The number of nitrogens with one attached hydrogen (secondary N) is 1. The summed E-state index contributed by atoms with van der Waals surface area (Å²) >= 11 is 0. The van der Waals surface area contributed by atoms with Gasteiger partial charge >= 0.3 is 0 Å². The number of nitrogens with two attached hydrogens (primary N) is 1. The van der Waals surface area contributed by atoms with Gasteiger partial charge in [0.05, 0.1) is 19.4 Å². The molecule has 198 valence electrons. The molecule has 0 bridgehead atoms. The van der Waals surface area contributed by atoms with E-state index in [2.05, 4.69) is 52.3 Å². The van der Waals surface area contributed by atoms with Crippen LogP contribution in [0.3, 0.4) is 0 Å². The Kier molecular flexibility index (Phi) is 6.82. The molecule has 4 aromatic rings. The second kappa shape index (κ2) is 10.5. The zero-order chi connectivity index (χ0) is 26.1. The van der Waals surface area contributed by atoms with Crippen molar-refractivity contribution in [3.8, 4) is 11.1 Å². The summed E-state index contributed by atoms with van der Waals surface area (Å²) in [4.78, 5) is 19.0. The predicted molar refractivity (Wildman–Crippen MR) is 151 cm³/mol. The molecule has 1 atom stereocenters. The number of nitrogens with zero attached hydrogens (tertiary/aromatic N) is 7. The number of fused-ring (bicyclic) bond motifs is 1. The van der Waals surface area contributed by atoms with E-state index in [1.54, 1.807) is 0 Å². The van der Waals surface area contributed by atoms with Crippen molar-refractivity contribution >= 4 is 34.2 Å². The zero-order valence-electron chi connectivity index (χ0n) is 22.0. The Balaban J connectivity index is 1.32. The minimum atomic E-state index is 0.156. The molecule has 0 aliphatic carbocycles. The maximum atomic E-state index is 6.38. The third-order valence-electron chi connectivity index (χ3n) is 7.26. The molecule has 10 nitrogen and oxygen atoms in total. The Morgan fingerprint density at radius 2 is 1.84 bits per heavy atom. The number of ether oxygens (including phenoxy) is 1. The van der Waals surface area contributed by atoms with Crippen LogP contribution in [0.5, 0.6) is 0 Å². The third kappa shape index (κ3) is 5.01. The summed E-state index contributed by atoms with van der Waals surface area (Å²) in [6, 6.07) is 10.7. The summed E-state index contributed by atoms with van der Waals surface area (Å²) in [5, 5.41) is 8.92. The van der Waals surface area contributed by atoms with E-state index in [0.29, 0.717) is 0 Å². The van der Waals surface area contributed by atoms with Gasteiger partial charge in [-0.15, -0.1) is 0 Å². The van der Waals surface area contributed by atoms with E-state index in [0.717, 1.165) is 97.5 Å². The SMILES string of the molecule is CC(C)n1ncc2ccc(Nc3cc(N4CCC[C@H](N)C4)c(-c4ccc(N5CCOCC5)nc4)cn3)nc21. The highest BCUT2D eigenvalue weighted by Gasteiger charge is 2.22. The lowest BCUT2D eigenvalue weighted by Crippen LogP contribution is -2.43. The standard InChI is InChI=1S/C28H35N9O/c1-19(2)37-28-21(16-32-37)5-7-25(34-28)33-26-14-24(36-9-3-4-22(29)18-36)23(17-30-26)20-6-8-27(31-15-20)35-10-12-38-13-11-35/h5-8,14-17,19,22H,3-4,9-13,18,29H2,1-2H3,(H,30,33,34)/t22-/m0/s1. The minimum Gasteiger partial charge on any atom is -0.378 e. The number of hydrogen-bond acceptors (Lipinski definition) is 9. The van der Waals surface area contributed by atoms with Crippen LogP contribution >= 0.6 is 0 Å². The molecule has 3 N–H and O–H groups in total. The largest absolute Gasteiger partial charge is 0.378 e. The molecule has 0 aromatic carbocycles. The van der Waals surface area contributed by atoms with Crippen LogP contribution in [0.15, 0.2) is 48.9 Å². The number of hydrogen-bond donors (Lipinski definition) is 2. The van der Waals surface area contributed by atoms with Crippen LogP contribution < -0.4 is 20.9 Å². The summed E-state index contributed by atoms with van der Waals surface area (Å²) in [6.45, 7) is 9.19. The maximum Gasteiger partial charge on any atom is 0.160 e. The monoisotopic (exact) mass is 513 g/mol. The summed E-state index contributed by atoms with van der Waals surface area (Å²) in [7, 11) is 0. The fraction of sp³-hybridized carbons (Fsp3) is 0.429. The van der Waals surface area contributed by atoms with E-state index in [1.807, 2.05) is 35.4 Å². The maximum absolute atomic E-state index is 6.38. The van der Waals surface area contributed by atoms with Gasteiger partial charge in [0.1, 0.15) is 17.5 Å². The molecule has 2 saturated heterocycles. The molecule has 0 spiro atoms. The molecule has 4 aromatic heterocycles.